The smallest absolute Gasteiger partial charge is 0.360 e. The van der Waals surface area contributed by atoms with Gasteiger partial charge in [-0.2, -0.15) is 18.3 Å². The molecular formula is C28H30F4N4O2Si. The fraction of sp³-hybridized carbons (Fsp3) is 0.429. The molecule has 2 aromatic carbocycles. The van der Waals surface area contributed by atoms with Gasteiger partial charge in [0, 0.05) is 43.7 Å². The Morgan fingerprint density at radius 2 is 1.95 bits per heavy atom. The van der Waals surface area contributed by atoms with Gasteiger partial charge in [0.1, 0.15) is 12.5 Å². The number of amides is 2. The van der Waals surface area contributed by atoms with Crippen molar-refractivity contribution in [3.8, 4) is 11.8 Å². The van der Waals surface area contributed by atoms with Crippen LogP contribution in [0.3, 0.4) is 0 Å². The van der Waals surface area contributed by atoms with Gasteiger partial charge in [0.05, 0.1) is 11.2 Å². The molecule has 2 amide bonds. The molecule has 2 N–H and O–H groups in total. The van der Waals surface area contributed by atoms with E-state index in [1.54, 1.807) is 4.68 Å². The molecule has 0 spiro atoms. The number of aromatic nitrogens is 2. The Labute approximate surface area is 225 Å². The number of rotatable bonds is 7. The Hall–Kier alpha value is -3.36. The van der Waals surface area contributed by atoms with Crippen molar-refractivity contribution in [3.05, 3.63) is 59.0 Å². The van der Waals surface area contributed by atoms with E-state index >= 15 is 4.39 Å². The monoisotopic (exact) mass is 558 g/mol. The van der Waals surface area contributed by atoms with Crippen molar-refractivity contribution in [2.24, 2.45) is 5.92 Å². The number of nitrogens with zero attached hydrogens (tertiary/aromatic N) is 2. The number of anilines is 1. The predicted molar refractivity (Wildman–Crippen MR) is 143 cm³/mol. The highest BCUT2D eigenvalue weighted by atomic mass is 28.3. The van der Waals surface area contributed by atoms with Gasteiger partial charge in [-0.15, -0.1) is 0 Å². The molecule has 1 aromatic heterocycles. The SMILES string of the molecule is C[Si](C)(C)CCOCn1nc2ccccc2c1Cc1cc2c(cc1F)[C@@](C#CC1CC1)(C(F)(F)F)NC(=O)N2. The number of alkyl halides is 3. The summed E-state index contributed by atoms with van der Waals surface area (Å²) in [6, 6.07) is 9.41. The van der Waals surface area contributed by atoms with E-state index in [-0.39, 0.29) is 30.3 Å². The van der Waals surface area contributed by atoms with Crippen LogP contribution in [0.2, 0.25) is 25.7 Å². The van der Waals surface area contributed by atoms with Gasteiger partial charge in [0.25, 0.3) is 0 Å². The van der Waals surface area contributed by atoms with E-state index in [4.69, 9.17) is 4.74 Å². The number of nitrogens with one attached hydrogen (secondary N) is 2. The molecule has 0 unspecified atom stereocenters. The Morgan fingerprint density at radius 3 is 2.64 bits per heavy atom. The van der Waals surface area contributed by atoms with E-state index in [0.29, 0.717) is 30.7 Å². The summed E-state index contributed by atoms with van der Waals surface area (Å²) in [6.07, 6.45) is -3.52. The van der Waals surface area contributed by atoms with Gasteiger partial charge >= 0.3 is 12.2 Å². The molecular weight excluding hydrogens is 528 g/mol. The maximum Gasteiger partial charge on any atom is 0.427 e. The van der Waals surface area contributed by atoms with Crippen LogP contribution in [0.5, 0.6) is 0 Å². The molecule has 1 aliphatic carbocycles. The van der Waals surface area contributed by atoms with Crippen molar-refractivity contribution in [2.45, 2.75) is 63.4 Å². The predicted octanol–water partition coefficient (Wildman–Crippen LogP) is 6.38. The second kappa shape index (κ2) is 9.99. The lowest BCUT2D eigenvalue weighted by Crippen LogP contribution is -2.59. The highest BCUT2D eigenvalue weighted by Gasteiger charge is 2.59. The molecule has 1 fully saturated rings. The number of carbonyl (C=O) groups excluding carboxylic acids is 1. The van der Waals surface area contributed by atoms with Crippen molar-refractivity contribution < 1.29 is 27.1 Å². The molecule has 0 bridgehead atoms. The molecule has 0 radical (unpaired) electrons. The van der Waals surface area contributed by atoms with Crippen molar-refractivity contribution >= 4 is 30.7 Å². The van der Waals surface area contributed by atoms with Crippen LogP contribution in [-0.4, -0.2) is 36.7 Å². The summed E-state index contributed by atoms with van der Waals surface area (Å²) >= 11 is 0. The molecule has 5 rings (SSSR count). The van der Waals surface area contributed by atoms with Crippen LogP contribution in [0.25, 0.3) is 10.9 Å². The summed E-state index contributed by atoms with van der Waals surface area (Å²) in [5.41, 5.74) is -2.10. The minimum atomic E-state index is -4.96. The summed E-state index contributed by atoms with van der Waals surface area (Å²) in [5, 5.41) is 9.74. The fourth-order valence-electron chi connectivity index (χ4n) is 4.53. The van der Waals surface area contributed by atoms with Crippen molar-refractivity contribution in [1.82, 2.24) is 15.1 Å². The largest absolute Gasteiger partial charge is 0.427 e. The average molecular weight is 559 g/mol. The lowest BCUT2D eigenvalue weighted by Gasteiger charge is -2.37. The molecule has 0 saturated heterocycles. The Balaban J connectivity index is 1.52. The zero-order valence-electron chi connectivity index (χ0n) is 22.0. The lowest BCUT2D eigenvalue weighted by atomic mass is 9.85. The Morgan fingerprint density at radius 1 is 1.21 bits per heavy atom. The van der Waals surface area contributed by atoms with Gasteiger partial charge in [-0.25, -0.2) is 13.9 Å². The molecule has 1 atom stereocenters. The first-order valence-electron chi connectivity index (χ1n) is 12.9. The van der Waals surface area contributed by atoms with Gasteiger partial charge in [0.2, 0.25) is 5.54 Å². The van der Waals surface area contributed by atoms with Gasteiger partial charge in [0.15, 0.2) is 0 Å². The van der Waals surface area contributed by atoms with Crippen LogP contribution in [-0.2, 0) is 23.4 Å². The Kier molecular flexibility index (Phi) is 6.97. The number of benzene rings is 2. The Bertz CT molecular complexity index is 1480. The summed E-state index contributed by atoms with van der Waals surface area (Å²) < 4.78 is 66.4. The van der Waals surface area contributed by atoms with Crippen LogP contribution < -0.4 is 10.6 Å². The third kappa shape index (κ3) is 5.67. The maximum absolute atomic E-state index is 15.6. The summed E-state index contributed by atoms with van der Waals surface area (Å²) in [7, 11) is -1.30. The third-order valence-corrected chi connectivity index (χ3v) is 8.63. The molecule has 39 heavy (non-hydrogen) atoms. The normalized spacial score (nSPS) is 19.2. The van der Waals surface area contributed by atoms with Crippen LogP contribution in [0.1, 0.15) is 29.7 Å². The quantitative estimate of drug-likeness (QED) is 0.153. The number of fused-ring (bicyclic) bond motifs is 2. The van der Waals surface area contributed by atoms with Gasteiger partial charge in [-0.05, 0) is 42.6 Å². The second-order valence-electron chi connectivity index (χ2n) is 11.3. The standard InChI is InChI=1S/C28H30F4N4O2Si/c1-39(2,3)13-12-38-17-36-25(20-6-4-5-7-23(20)35-36)15-19-14-24-21(16-22(19)29)27(28(30,31)32,34-26(37)33-24)11-10-18-8-9-18/h4-7,14,16,18H,8-9,12-13,15,17H2,1-3H3,(H2,33,34,37)/t27-/m0/s1. The van der Waals surface area contributed by atoms with Crippen molar-refractivity contribution in [2.75, 3.05) is 11.9 Å². The molecule has 2 heterocycles. The van der Waals surface area contributed by atoms with E-state index in [9.17, 15) is 18.0 Å². The molecule has 6 nitrogen and oxygen atoms in total. The number of carbonyl (C=O) groups is 1. The zero-order valence-corrected chi connectivity index (χ0v) is 23.0. The molecule has 2 aliphatic rings. The minimum absolute atomic E-state index is 0.0348. The summed E-state index contributed by atoms with van der Waals surface area (Å²) in [5.74, 6) is 3.88. The van der Waals surface area contributed by atoms with Crippen LogP contribution in [0, 0.1) is 23.6 Å². The highest BCUT2D eigenvalue weighted by molar-refractivity contribution is 6.76. The minimum Gasteiger partial charge on any atom is -0.360 e. The summed E-state index contributed by atoms with van der Waals surface area (Å²) in [4.78, 5) is 12.4. The molecule has 1 aliphatic heterocycles. The number of hydrogen-bond acceptors (Lipinski definition) is 3. The molecule has 206 valence electrons. The van der Waals surface area contributed by atoms with E-state index in [1.807, 2.05) is 29.6 Å². The first-order valence-corrected chi connectivity index (χ1v) is 16.6. The summed E-state index contributed by atoms with van der Waals surface area (Å²) in [6.45, 7) is 7.49. The van der Waals surface area contributed by atoms with Crippen molar-refractivity contribution in [3.63, 3.8) is 0 Å². The lowest BCUT2D eigenvalue weighted by molar-refractivity contribution is -0.178. The van der Waals surface area contributed by atoms with Gasteiger partial charge in [-0.1, -0.05) is 49.7 Å². The van der Waals surface area contributed by atoms with E-state index < -0.39 is 37.2 Å². The first-order chi connectivity index (χ1) is 18.4. The number of halogens is 4. The zero-order chi connectivity index (χ0) is 28.0. The second-order valence-corrected chi connectivity index (χ2v) is 17.0. The van der Waals surface area contributed by atoms with Gasteiger partial charge in [-0.3, -0.25) is 0 Å². The average Bonchev–Trinajstić information content (AvgIpc) is 3.61. The molecule has 11 heteroatoms. The van der Waals surface area contributed by atoms with Crippen LogP contribution in [0.4, 0.5) is 28.0 Å². The third-order valence-electron chi connectivity index (χ3n) is 6.93. The van der Waals surface area contributed by atoms with Crippen LogP contribution in [0.15, 0.2) is 36.4 Å². The van der Waals surface area contributed by atoms with Gasteiger partial charge < -0.3 is 15.4 Å². The van der Waals surface area contributed by atoms with Crippen molar-refractivity contribution in [1.29, 1.82) is 0 Å². The van der Waals surface area contributed by atoms with E-state index in [0.717, 1.165) is 17.5 Å². The van der Waals surface area contributed by atoms with E-state index in [1.165, 1.54) is 6.07 Å². The topological polar surface area (TPSA) is 68.2 Å². The fourth-order valence-corrected chi connectivity index (χ4v) is 5.28. The maximum atomic E-state index is 15.6. The van der Waals surface area contributed by atoms with Crippen LogP contribution >= 0.6 is 0 Å². The number of ether oxygens (including phenoxy) is 1. The molecule has 3 aromatic rings. The number of urea groups is 1. The first kappa shape index (κ1) is 27.2. The van der Waals surface area contributed by atoms with E-state index in [2.05, 4.69) is 41.9 Å². The highest BCUT2D eigenvalue weighted by Crippen LogP contribution is 2.45. The number of hydrogen-bond donors (Lipinski definition) is 2. The molecule has 1 saturated carbocycles.